The van der Waals surface area contributed by atoms with Crippen molar-refractivity contribution in [3.8, 4) is 17.0 Å². The van der Waals surface area contributed by atoms with Crippen molar-refractivity contribution in [1.29, 1.82) is 0 Å². The van der Waals surface area contributed by atoms with E-state index in [0.29, 0.717) is 18.9 Å². The standard InChI is InChI=1S/C29H33N3O6S/c1-30-39(35,36)31-27(33)18-9-11-21-24(13-18)32-16-29(28(34)38-3)15-23(29)22-14-19(37-2)10-12-20(22)26(32)25(21)17-7-5-4-6-8-17/h9-14,17,23,30H,4-8,15-16H2,1-3H3,(H,31,33). The van der Waals surface area contributed by atoms with Gasteiger partial charge in [0.15, 0.2) is 0 Å². The minimum absolute atomic E-state index is 0.00328. The molecule has 0 spiro atoms. The Kier molecular flexibility index (Phi) is 6.22. The predicted molar refractivity (Wildman–Crippen MR) is 147 cm³/mol. The monoisotopic (exact) mass is 551 g/mol. The predicted octanol–water partition coefficient (Wildman–Crippen LogP) is 4.22. The van der Waals surface area contributed by atoms with Crippen LogP contribution in [-0.4, -0.2) is 46.1 Å². The summed E-state index contributed by atoms with van der Waals surface area (Å²) < 4.78 is 41.3. The van der Waals surface area contributed by atoms with E-state index in [9.17, 15) is 18.0 Å². The number of nitrogens with zero attached hydrogens (tertiary/aromatic N) is 1. The van der Waals surface area contributed by atoms with E-state index < -0.39 is 21.5 Å². The van der Waals surface area contributed by atoms with Crippen LogP contribution in [0, 0.1) is 5.41 Å². The Bertz CT molecular complexity index is 1600. The molecule has 39 heavy (non-hydrogen) atoms. The number of hydrogen-bond acceptors (Lipinski definition) is 6. The molecule has 0 saturated heterocycles. The molecule has 0 radical (unpaired) electrons. The molecule has 2 saturated carbocycles. The van der Waals surface area contributed by atoms with Crippen molar-refractivity contribution in [2.24, 2.45) is 5.41 Å². The summed E-state index contributed by atoms with van der Waals surface area (Å²) in [7, 11) is 0.355. The molecule has 2 unspecified atom stereocenters. The van der Waals surface area contributed by atoms with Gasteiger partial charge in [-0.15, -0.1) is 0 Å². The van der Waals surface area contributed by atoms with Gasteiger partial charge < -0.3 is 14.0 Å². The highest BCUT2D eigenvalue weighted by Gasteiger charge is 2.63. The SMILES string of the molecule is CNS(=O)(=O)NC(=O)c1ccc2c(C3CCCCC3)c3n(c2c1)CC1(C(=O)OC)CC1c1cc(OC)ccc1-3. The summed E-state index contributed by atoms with van der Waals surface area (Å²) in [6.45, 7) is 0.416. The summed E-state index contributed by atoms with van der Waals surface area (Å²) in [6, 6.07) is 11.5. The van der Waals surface area contributed by atoms with Crippen LogP contribution >= 0.6 is 0 Å². The van der Waals surface area contributed by atoms with Gasteiger partial charge in [-0.2, -0.15) is 8.42 Å². The summed E-state index contributed by atoms with van der Waals surface area (Å²) in [5.41, 5.74) is 4.80. The van der Waals surface area contributed by atoms with E-state index in [4.69, 9.17) is 9.47 Å². The van der Waals surface area contributed by atoms with E-state index in [1.807, 2.05) is 18.2 Å². The lowest BCUT2D eigenvalue weighted by molar-refractivity contribution is -0.147. The van der Waals surface area contributed by atoms with Gasteiger partial charge in [0.1, 0.15) is 5.75 Å². The highest BCUT2D eigenvalue weighted by molar-refractivity contribution is 7.88. The van der Waals surface area contributed by atoms with Crippen molar-refractivity contribution >= 4 is 33.0 Å². The third kappa shape index (κ3) is 4.12. The van der Waals surface area contributed by atoms with Crippen LogP contribution in [0.4, 0.5) is 0 Å². The molecule has 2 N–H and O–H groups in total. The Labute approximate surface area is 228 Å². The van der Waals surface area contributed by atoms with Gasteiger partial charge in [0.25, 0.3) is 5.91 Å². The number of methoxy groups -OCH3 is 2. The van der Waals surface area contributed by atoms with E-state index in [1.54, 1.807) is 19.2 Å². The second kappa shape index (κ2) is 9.38. The third-order valence-corrected chi connectivity index (χ3v) is 9.86. The zero-order valence-corrected chi connectivity index (χ0v) is 23.2. The molecule has 6 rings (SSSR count). The molecule has 10 heteroatoms. The van der Waals surface area contributed by atoms with Crippen LogP contribution < -0.4 is 14.2 Å². The first-order valence-corrected chi connectivity index (χ1v) is 14.9. The van der Waals surface area contributed by atoms with Gasteiger partial charge in [-0.1, -0.05) is 25.3 Å². The number of carbonyl (C=O) groups is 2. The maximum atomic E-state index is 13.3. The highest BCUT2D eigenvalue weighted by atomic mass is 32.2. The number of aromatic nitrogens is 1. The second-order valence-corrected chi connectivity index (χ2v) is 12.5. The number of esters is 1. The fraction of sp³-hybridized carbons (Fsp3) is 0.448. The quantitative estimate of drug-likeness (QED) is 0.444. The Morgan fingerprint density at radius 1 is 1.05 bits per heavy atom. The number of nitrogens with one attached hydrogen (secondary N) is 2. The molecule has 9 nitrogen and oxygen atoms in total. The van der Waals surface area contributed by atoms with E-state index in [-0.39, 0.29) is 17.5 Å². The molecule has 2 atom stereocenters. The molecule has 2 heterocycles. The largest absolute Gasteiger partial charge is 0.497 e. The zero-order valence-electron chi connectivity index (χ0n) is 22.4. The molecule has 206 valence electrons. The number of amides is 1. The molecule has 1 amide bonds. The Hall–Kier alpha value is -3.37. The van der Waals surface area contributed by atoms with Gasteiger partial charge in [0.2, 0.25) is 0 Å². The van der Waals surface area contributed by atoms with E-state index in [0.717, 1.165) is 59.2 Å². The maximum Gasteiger partial charge on any atom is 0.314 e. The van der Waals surface area contributed by atoms with Crippen molar-refractivity contribution in [1.82, 2.24) is 14.0 Å². The average Bonchev–Trinajstić information content (AvgIpc) is 3.62. The Morgan fingerprint density at radius 3 is 2.51 bits per heavy atom. The normalized spacial score (nSPS) is 22.3. The van der Waals surface area contributed by atoms with Gasteiger partial charge in [0, 0.05) is 41.5 Å². The number of ether oxygens (including phenoxy) is 2. The summed E-state index contributed by atoms with van der Waals surface area (Å²) >= 11 is 0. The molecule has 3 aliphatic rings. The molecule has 0 bridgehead atoms. The Balaban J connectivity index is 1.62. The maximum absolute atomic E-state index is 13.3. The lowest BCUT2D eigenvalue weighted by atomic mass is 9.81. The number of hydrogen-bond donors (Lipinski definition) is 2. The minimum Gasteiger partial charge on any atom is -0.497 e. The first-order chi connectivity index (χ1) is 18.7. The van der Waals surface area contributed by atoms with E-state index in [1.165, 1.54) is 26.1 Å². The first kappa shape index (κ1) is 25.9. The summed E-state index contributed by atoms with van der Waals surface area (Å²) in [5.74, 6) is 0.126. The van der Waals surface area contributed by atoms with Gasteiger partial charge in [0.05, 0.1) is 25.3 Å². The van der Waals surface area contributed by atoms with Gasteiger partial charge in [-0.05, 0) is 66.6 Å². The zero-order chi connectivity index (χ0) is 27.5. The number of fused-ring (bicyclic) bond motifs is 7. The number of carbonyl (C=O) groups excluding carboxylic acids is 2. The molecule has 2 aromatic carbocycles. The summed E-state index contributed by atoms with van der Waals surface area (Å²) in [6.07, 6.45) is 6.35. The number of benzene rings is 2. The van der Waals surface area contributed by atoms with Crippen molar-refractivity contribution in [3.63, 3.8) is 0 Å². The fourth-order valence-electron chi connectivity index (χ4n) is 6.84. The molecule has 1 aromatic heterocycles. The third-order valence-electron chi connectivity index (χ3n) is 8.87. The van der Waals surface area contributed by atoms with E-state index >= 15 is 0 Å². The molecule has 2 fully saturated rings. The van der Waals surface area contributed by atoms with Gasteiger partial charge in [-0.25, -0.2) is 9.44 Å². The highest BCUT2D eigenvalue weighted by Crippen LogP contribution is 2.65. The lowest BCUT2D eigenvalue weighted by Crippen LogP contribution is -2.38. The molecule has 2 aliphatic carbocycles. The number of rotatable bonds is 6. The van der Waals surface area contributed by atoms with Crippen LogP contribution in [0.2, 0.25) is 0 Å². The average molecular weight is 552 g/mol. The van der Waals surface area contributed by atoms with Crippen molar-refractivity contribution in [2.45, 2.75) is 56.9 Å². The van der Waals surface area contributed by atoms with Gasteiger partial charge >= 0.3 is 16.2 Å². The van der Waals surface area contributed by atoms with Crippen LogP contribution in [0.3, 0.4) is 0 Å². The molecular formula is C29H33N3O6S. The first-order valence-electron chi connectivity index (χ1n) is 13.4. The molecular weight excluding hydrogens is 518 g/mol. The Morgan fingerprint density at radius 2 is 1.82 bits per heavy atom. The van der Waals surface area contributed by atoms with E-state index in [2.05, 4.69) is 20.1 Å². The van der Waals surface area contributed by atoms with Crippen molar-refractivity contribution < 1.29 is 27.5 Å². The van der Waals surface area contributed by atoms with Crippen LogP contribution in [0.1, 0.15) is 71.8 Å². The lowest BCUT2D eigenvalue weighted by Gasteiger charge is -2.24. The second-order valence-electron chi connectivity index (χ2n) is 10.9. The van der Waals surface area contributed by atoms with Crippen LogP contribution in [-0.2, 0) is 26.3 Å². The minimum atomic E-state index is -3.96. The smallest absolute Gasteiger partial charge is 0.314 e. The van der Waals surface area contributed by atoms with Crippen LogP contribution in [0.15, 0.2) is 36.4 Å². The summed E-state index contributed by atoms with van der Waals surface area (Å²) in [4.78, 5) is 26.2. The molecule has 3 aromatic rings. The fourth-order valence-corrected chi connectivity index (χ4v) is 7.31. The van der Waals surface area contributed by atoms with Crippen molar-refractivity contribution in [2.75, 3.05) is 21.3 Å². The van der Waals surface area contributed by atoms with Crippen LogP contribution in [0.5, 0.6) is 5.75 Å². The summed E-state index contributed by atoms with van der Waals surface area (Å²) in [5, 5.41) is 1.03. The van der Waals surface area contributed by atoms with Gasteiger partial charge in [-0.3, -0.25) is 9.59 Å². The van der Waals surface area contributed by atoms with Crippen molar-refractivity contribution in [3.05, 3.63) is 53.1 Å². The van der Waals surface area contributed by atoms with Crippen LogP contribution in [0.25, 0.3) is 22.2 Å². The molecule has 1 aliphatic heterocycles. The topological polar surface area (TPSA) is 116 Å².